The van der Waals surface area contributed by atoms with Gasteiger partial charge in [-0.05, 0) is 37.3 Å². The summed E-state index contributed by atoms with van der Waals surface area (Å²) in [7, 11) is 0. The van der Waals surface area contributed by atoms with Crippen molar-refractivity contribution in [3.8, 4) is 0 Å². The minimum absolute atomic E-state index is 0.245. The number of benzene rings is 2. The molecule has 2 aromatic carbocycles. The fraction of sp³-hybridized carbons (Fsp3) is 0.133. The molecule has 1 amide bonds. The topological polar surface area (TPSA) is 55.1 Å². The molecule has 2 rings (SSSR count). The molecule has 0 aliphatic rings. The van der Waals surface area contributed by atoms with Crippen molar-refractivity contribution in [2.75, 3.05) is 5.32 Å². The maximum Gasteiger partial charge on any atom is 0.247 e. The largest absolute Gasteiger partial charge is 0.368 e. The predicted octanol–water partition coefficient (Wildman–Crippen LogP) is 3.95. The van der Waals surface area contributed by atoms with Crippen LogP contribution < -0.4 is 11.1 Å². The Labute approximate surface area is 131 Å². The van der Waals surface area contributed by atoms with E-state index < -0.39 is 11.4 Å². The van der Waals surface area contributed by atoms with Crippen LogP contribution in [-0.2, 0) is 10.3 Å². The van der Waals surface area contributed by atoms with E-state index in [-0.39, 0.29) is 10.8 Å². The van der Waals surface area contributed by atoms with Crippen LogP contribution >= 0.6 is 23.2 Å². The summed E-state index contributed by atoms with van der Waals surface area (Å²) in [6.45, 7) is 1.59. The fourth-order valence-corrected chi connectivity index (χ4v) is 2.46. The lowest BCUT2D eigenvalue weighted by Crippen LogP contribution is -2.45. The van der Waals surface area contributed by atoms with Crippen molar-refractivity contribution in [1.29, 1.82) is 0 Å². The highest BCUT2D eigenvalue weighted by molar-refractivity contribution is 6.42. The van der Waals surface area contributed by atoms with E-state index in [0.29, 0.717) is 16.3 Å². The average Bonchev–Trinajstić information content (AvgIpc) is 2.44. The first-order valence-corrected chi connectivity index (χ1v) is 6.88. The van der Waals surface area contributed by atoms with E-state index in [9.17, 15) is 9.18 Å². The van der Waals surface area contributed by atoms with Crippen LogP contribution in [0.5, 0.6) is 0 Å². The summed E-state index contributed by atoms with van der Waals surface area (Å²) in [6, 6.07) is 10.5. The van der Waals surface area contributed by atoms with Gasteiger partial charge in [0.2, 0.25) is 5.91 Å². The molecule has 0 saturated carbocycles. The number of carbonyl (C=O) groups excluding carboxylic acids is 1. The lowest BCUT2D eigenvalue weighted by atomic mass is 9.90. The van der Waals surface area contributed by atoms with Crippen LogP contribution in [0.2, 0.25) is 10.0 Å². The predicted molar refractivity (Wildman–Crippen MR) is 83.0 cm³/mol. The number of hydrogen-bond donors (Lipinski definition) is 2. The number of halogens is 3. The van der Waals surface area contributed by atoms with E-state index in [0.717, 1.165) is 0 Å². The van der Waals surface area contributed by atoms with Crippen LogP contribution in [0, 0.1) is 5.82 Å². The summed E-state index contributed by atoms with van der Waals surface area (Å²) in [5, 5.41) is 3.55. The molecule has 0 bridgehead atoms. The quantitative estimate of drug-likeness (QED) is 0.893. The zero-order chi connectivity index (χ0) is 15.6. The third-order valence-corrected chi connectivity index (χ3v) is 4.04. The van der Waals surface area contributed by atoms with Crippen molar-refractivity contribution in [2.45, 2.75) is 12.5 Å². The second-order valence-electron chi connectivity index (χ2n) is 4.72. The Hall–Kier alpha value is -1.78. The number of primary amides is 1. The summed E-state index contributed by atoms with van der Waals surface area (Å²) in [5.41, 5.74) is 5.23. The van der Waals surface area contributed by atoms with E-state index in [1.54, 1.807) is 25.1 Å². The summed E-state index contributed by atoms with van der Waals surface area (Å²) in [4.78, 5) is 11.9. The van der Waals surface area contributed by atoms with Crippen molar-refractivity contribution in [3.05, 3.63) is 63.9 Å². The minimum atomic E-state index is -1.28. The molecule has 0 saturated heterocycles. The SMILES string of the molecule is CC(Nc1ccc(F)cc1)(C(N)=O)c1cccc(Cl)c1Cl. The molecule has 21 heavy (non-hydrogen) atoms. The molecule has 0 aliphatic carbocycles. The van der Waals surface area contributed by atoms with Gasteiger partial charge in [0.25, 0.3) is 0 Å². The number of rotatable bonds is 4. The Balaban J connectivity index is 2.48. The maximum atomic E-state index is 13.0. The highest BCUT2D eigenvalue weighted by Crippen LogP contribution is 2.35. The Kier molecular flexibility index (Phi) is 4.40. The van der Waals surface area contributed by atoms with Crippen molar-refractivity contribution < 1.29 is 9.18 Å². The average molecular weight is 327 g/mol. The van der Waals surface area contributed by atoms with Gasteiger partial charge in [0.15, 0.2) is 0 Å². The molecule has 2 aromatic rings. The van der Waals surface area contributed by atoms with Gasteiger partial charge in [-0.2, -0.15) is 0 Å². The number of nitrogens with one attached hydrogen (secondary N) is 1. The summed E-state index contributed by atoms with van der Waals surface area (Å²) in [6.07, 6.45) is 0. The molecule has 0 aromatic heterocycles. The molecule has 0 spiro atoms. The van der Waals surface area contributed by atoms with Crippen LogP contribution in [0.3, 0.4) is 0 Å². The lowest BCUT2D eigenvalue weighted by molar-refractivity contribution is -0.122. The van der Waals surface area contributed by atoms with Gasteiger partial charge in [-0.25, -0.2) is 4.39 Å². The van der Waals surface area contributed by atoms with E-state index in [2.05, 4.69) is 5.32 Å². The van der Waals surface area contributed by atoms with E-state index in [4.69, 9.17) is 28.9 Å². The van der Waals surface area contributed by atoms with Crippen LogP contribution in [0.1, 0.15) is 12.5 Å². The van der Waals surface area contributed by atoms with Gasteiger partial charge in [0.1, 0.15) is 11.4 Å². The van der Waals surface area contributed by atoms with Gasteiger partial charge in [-0.15, -0.1) is 0 Å². The van der Waals surface area contributed by atoms with E-state index >= 15 is 0 Å². The van der Waals surface area contributed by atoms with Crippen molar-refractivity contribution >= 4 is 34.8 Å². The Morgan fingerprint density at radius 1 is 1.19 bits per heavy atom. The second-order valence-corrected chi connectivity index (χ2v) is 5.51. The van der Waals surface area contributed by atoms with Crippen LogP contribution in [0.15, 0.2) is 42.5 Å². The van der Waals surface area contributed by atoms with Gasteiger partial charge >= 0.3 is 0 Å². The maximum absolute atomic E-state index is 13.0. The van der Waals surface area contributed by atoms with Crippen molar-refractivity contribution in [3.63, 3.8) is 0 Å². The summed E-state index contributed by atoms with van der Waals surface area (Å²) >= 11 is 12.2. The third-order valence-electron chi connectivity index (χ3n) is 3.22. The molecule has 6 heteroatoms. The van der Waals surface area contributed by atoms with Gasteiger partial charge in [0, 0.05) is 11.3 Å². The first-order valence-electron chi connectivity index (χ1n) is 6.13. The highest BCUT2D eigenvalue weighted by atomic mass is 35.5. The first-order chi connectivity index (χ1) is 9.84. The lowest BCUT2D eigenvalue weighted by Gasteiger charge is -2.30. The summed E-state index contributed by atoms with van der Waals surface area (Å²) < 4.78 is 13.0. The normalized spacial score (nSPS) is 13.5. The number of anilines is 1. The highest BCUT2D eigenvalue weighted by Gasteiger charge is 2.35. The molecule has 110 valence electrons. The second kappa shape index (κ2) is 5.92. The third kappa shape index (κ3) is 3.12. The van der Waals surface area contributed by atoms with Crippen molar-refractivity contribution in [1.82, 2.24) is 0 Å². The van der Waals surface area contributed by atoms with Crippen molar-refractivity contribution in [2.24, 2.45) is 5.73 Å². The molecule has 0 heterocycles. The van der Waals surface area contributed by atoms with E-state index in [1.165, 1.54) is 24.3 Å². The van der Waals surface area contributed by atoms with Gasteiger partial charge in [0.05, 0.1) is 10.0 Å². The van der Waals surface area contributed by atoms with E-state index in [1.807, 2.05) is 0 Å². The summed E-state index contributed by atoms with van der Waals surface area (Å²) in [5.74, 6) is -1.00. The number of amides is 1. The molecule has 1 atom stereocenters. The molecule has 3 N–H and O–H groups in total. The molecular weight excluding hydrogens is 314 g/mol. The zero-order valence-electron chi connectivity index (χ0n) is 11.2. The van der Waals surface area contributed by atoms with Crippen LogP contribution in [0.4, 0.5) is 10.1 Å². The molecule has 1 unspecified atom stereocenters. The fourth-order valence-electron chi connectivity index (χ4n) is 1.97. The van der Waals surface area contributed by atoms with Crippen LogP contribution in [0.25, 0.3) is 0 Å². The van der Waals surface area contributed by atoms with Crippen LogP contribution in [-0.4, -0.2) is 5.91 Å². The van der Waals surface area contributed by atoms with Gasteiger partial charge in [-0.1, -0.05) is 35.3 Å². The molecule has 0 aliphatic heterocycles. The standard InChI is InChI=1S/C15H13Cl2FN2O/c1-15(14(19)21,11-3-2-4-12(16)13(11)17)20-10-7-5-9(18)6-8-10/h2-8,20H,1H3,(H2,19,21). The number of nitrogens with two attached hydrogens (primary N) is 1. The Bertz CT molecular complexity index is 676. The van der Waals surface area contributed by atoms with Gasteiger partial charge < -0.3 is 11.1 Å². The smallest absolute Gasteiger partial charge is 0.247 e. The molecule has 0 radical (unpaired) electrons. The Morgan fingerprint density at radius 3 is 2.38 bits per heavy atom. The Morgan fingerprint density at radius 2 is 1.81 bits per heavy atom. The number of carbonyl (C=O) groups is 1. The first kappa shape index (κ1) is 15.6. The number of hydrogen-bond acceptors (Lipinski definition) is 2. The molecular formula is C15H13Cl2FN2O. The molecule has 0 fully saturated rings. The zero-order valence-corrected chi connectivity index (χ0v) is 12.7. The monoisotopic (exact) mass is 326 g/mol. The molecule has 3 nitrogen and oxygen atoms in total. The van der Waals surface area contributed by atoms with Gasteiger partial charge in [-0.3, -0.25) is 4.79 Å². The minimum Gasteiger partial charge on any atom is -0.368 e.